The van der Waals surface area contributed by atoms with E-state index in [-0.39, 0.29) is 6.04 Å². The predicted octanol–water partition coefficient (Wildman–Crippen LogP) is 3.05. The Bertz CT molecular complexity index is 397. The topological polar surface area (TPSA) is 38.9 Å². The third-order valence-corrected chi connectivity index (χ3v) is 5.04. The van der Waals surface area contributed by atoms with Gasteiger partial charge >= 0.3 is 0 Å². The molecule has 0 radical (unpaired) electrons. The smallest absolute Gasteiger partial charge is 0.0794 e. The van der Waals surface area contributed by atoms with Crippen molar-refractivity contribution >= 4 is 45.3 Å². The fraction of sp³-hybridized carbons (Fsp3) is 0.222. The van der Waals surface area contributed by atoms with Crippen LogP contribution in [0, 0.1) is 3.57 Å². The summed E-state index contributed by atoms with van der Waals surface area (Å²) in [5.74, 6) is 0. The third-order valence-electron chi connectivity index (χ3n) is 1.89. The number of halogens is 1. The van der Waals surface area contributed by atoms with Gasteiger partial charge in [-0.3, -0.25) is 4.98 Å². The summed E-state index contributed by atoms with van der Waals surface area (Å²) in [5.41, 5.74) is 7.96. The van der Waals surface area contributed by atoms with Crippen molar-refractivity contribution in [2.75, 3.05) is 0 Å². The van der Waals surface area contributed by atoms with Crippen LogP contribution in [0.1, 0.15) is 15.8 Å². The second-order valence-electron chi connectivity index (χ2n) is 2.91. The average molecular weight is 336 g/mol. The van der Waals surface area contributed by atoms with Gasteiger partial charge in [0.1, 0.15) is 0 Å². The number of thiophene rings is 1. The van der Waals surface area contributed by atoms with Gasteiger partial charge in [0, 0.05) is 32.0 Å². The van der Waals surface area contributed by atoms with Gasteiger partial charge in [0.05, 0.1) is 5.51 Å². The Hall–Kier alpha value is 0.0200. The number of nitrogens with zero attached hydrogens (tertiary/aromatic N) is 1. The van der Waals surface area contributed by atoms with Crippen molar-refractivity contribution in [3.05, 3.63) is 36.5 Å². The van der Waals surface area contributed by atoms with Crippen LogP contribution >= 0.6 is 45.3 Å². The van der Waals surface area contributed by atoms with Crippen LogP contribution in [0.3, 0.4) is 0 Å². The Morgan fingerprint density at radius 1 is 1.50 bits per heavy atom. The van der Waals surface area contributed by atoms with Gasteiger partial charge < -0.3 is 5.73 Å². The van der Waals surface area contributed by atoms with Crippen LogP contribution in [0.25, 0.3) is 0 Å². The first-order valence-electron chi connectivity index (χ1n) is 4.13. The van der Waals surface area contributed by atoms with Gasteiger partial charge in [-0.05, 0) is 34.0 Å². The summed E-state index contributed by atoms with van der Waals surface area (Å²) >= 11 is 5.73. The summed E-state index contributed by atoms with van der Waals surface area (Å²) in [7, 11) is 0. The SMILES string of the molecule is NC(Cc1cncs1)c1sccc1I. The molecule has 0 saturated carbocycles. The van der Waals surface area contributed by atoms with E-state index in [4.69, 9.17) is 5.73 Å². The molecular weight excluding hydrogens is 327 g/mol. The largest absolute Gasteiger partial charge is 0.323 e. The molecule has 74 valence electrons. The van der Waals surface area contributed by atoms with Crippen molar-refractivity contribution in [1.29, 1.82) is 0 Å². The van der Waals surface area contributed by atoms with Crippen LogP contribution in [0.15, 0.2) is 23.2 Å². The van der Waals surface area contributed by atoms with Crippen molar-refractivity contribution < 1.29 is 0 Å². The highest BCUT2D eigenvalue weighted by Crippen LogP contribution is 2.27. The summed E-state index contributed by atoms with van der Waals surface area (Å²) < 4.78 is 1.27. The zero-order valence-corrected chi connectivity index (χ0v) is 11.1. The molecule has 2 N–H and O–H groups in total. The zero-order chi connectivity index (χ0) is 9.97. The molecule has 2 nitrogen and oxygen atoms in total. The van der Waals surface area contributed by atoms with E-state index in [2.05, 4.69) is 39.0 Å². The summed E-state index contributed by atoms with van der Waals surface area (Å²) in [6, 6.07) is 2.22. The Morgan fingerprint density at radius 2 is 2.36 bits per heavy atom. The van der Waals surface area contributed by atoms with Crippen molar-refractivity contribution in [3.63, 3.8) is 0 Å². The molecule has 2 rings (SSSR count). The highest BCUT2D eigenvalue weighted by atomic mass is 127. The number of thiazole rings is 1. The number of nitrogens with two attached hydrogens (primary N) is 1. The molecule has 0 aromatic carbocycles. The molecule has 2 aromatic heterocycles. The molecule has 0 aliphatic carbocycles. The standard InChI is InChI=1S/C9H9IN2S2/c10-7-1-2-13-9(7)8(11)3-6-4-12-5-14-6/h1-2,4-5,8H,3,11H2. The Kier molecular flexibility index (Phi) is 3.53. The monoisotopic (exact) mass is 336 g/mol. The van der Waals surface area contributed by atoms with Crippen LogP contribution in [-0.2, 0) is 6.42 Å². The Labute approximate surface area is 104 Å². The van der Waals surface area contributed by atoms with Gasteiger partial charge in [0.2, 0.25) is 0 Å². The van der Waals surface area contributed by atoms with Gasteiger partial charge in [-0.15, -0.1) is 22.7 Å². The number of aromatic nitrogens is 1. The van der Waals surface area contributed by atoms with Crippen LogP contribution in [0.5, 0.6) is 0 Å². The number of hydrogen-bond acceptors (Lipinski definition) is 4. The van der Waals surface area contributed by atoms with E-state index in [1.54, 1.807) is 22.7 Å². The molecule has 1 atom stereocenters. The molecule has 0 spiro atoms. The first-order chi connectivity index (χ1) is 6.77. The van der Waals surface area contributed by atoms with Crippen molar-refractivity contribution in [3.8, 4) is 0 Å². The van der Waals surface area contributed by atoms with Gasteiger partial charge in [-0.2, -0.15) is 0 Å². The molecule has 0 aliphatic rings. The lowest BCUT2D eigenvalue weighted by atomic mass is 10.2. The van der Waals surface area contributed by atoms with E-state index in [1.165, 1.54) is 13.3 Å². The van der Waals surface area contributed by atoms with Crippen LogP contribution < -0.4 is 5.73 Å². The van der Waals surface area contributed by atoms with Crippen LogP contribution in [0.2, 0.25) is 0 Å². The highest BCUT2D eigenvalue weighted by molar-refractivity contribution is 14.1. The maximum Gasteiger partial charge on any atom is 0.0794 e. The quantitative estimate of drug-likeness (QED) is 0.875. The lowest BCUT2D eigenvalue weighted by Crippen LogP contribution is -2.12. The van der Waals surface area contributed by atoms with Gasteiger partial charge in [0.15, 0.2) is 0 Å². The summed E-state index contributed by atoms with van der Waals surface area (Å²) in [4.78, 5) is 6.57. The Morgan fingerprint density at radius 3 is 2.93 bits per heavy atom. The second-order valence-corrected chi connectivity index (χ2v) is 5.99. The van der Waals surface area contributed by atoms with E-state index in [1.807, 2.05) is 11.7 Å². The van der Waals surface area contributed by atoms with Crippen LogP contribution in [0.4, 0.5) is 0 Å². The van der Waals surface area contributed by atoms with E-state index in [0.717, 1.165) is 6.42 Å². The summed E-state index contributed by atoms with van der Waals surface area (Å²) in [6.07, 6.45) is 2.78. The molecule has 2 heterocycles. The molecule has 1 unspecified atom stereocenters. The molecule has 14 heavy (non-hydrogen) atoms. The molecular formula is C9H9IN2S2. The zero-order valence-electron chi connectivity index (χ0n) is 7.31. The van der Waals surface area contributed by atoms with Crippen molar-refractivity contribution in [2.45, 2.75) is 12.5 Å². The number of hydrogen-bond donors (Lipinski definition) is 1. The molecule has 0 saturated heterocycles. The van der Waals surface area contributed by atoms with E-state index in [0.29, 0.717) is 0 Å². The molecule has 0 fully saturated rings. The molecule has 0 aliphatic heterocycles. The minimum Gasteiger partial charge on any atom is -0.323 e. The fourth-order valence-electron chi connectivity index (χ4n) is 1.22. The summed E-state index contributed by atoms with van der Waals surface area (Å²) in [6.45, 7) is 0. The molecule has 5 heteroatoms. The fourth-order valence-corrected chi connectivity index (χ4v) is 3.87. The highest BCUT2D eigenvalue weighted by Gasteiger charge is 2.12. The predicted molar refractivity (Wildman–Crippen MR) is 69.8 cm³/mol. The van der Waals surface area contributed by atoms with Crippen LogP contribution in [-0.4, -0.2) is 4.98 Å². The maximum absolute atomic E-state index is 6.12. The summed E-state index contributed by atoms with van der Waals surface area (Å²) in [5, 5.41) is 2.09. The number of rotatable bonds is 3. The third kappa shape index (κ3) is 2.33. The maximum atomic E-state index is 6.12. The Balaban J connectivity index is 2.10. The van der Waals surface area contributed by atoms with Gasteiger partial charge in [0.25, 0.3) is 0 Å². The van der Waals surface area contributed by atoms with Crippen molar-refractivity contribution in [1.82, 2.24) is 4.98 Å². The lowest BCUT2D eigenvalue weighted by Gasteiger charge is -2.08. The molecule has 0 bridgehead atoms. The minimum absolute atomic E-state index is 0.113. The normalized spacial score (nSPS) is 13.0. The minimum atomic E-state index is 0.113. The van der Waals surface area contributed by atoms with E-state index < -0.39 is 0 Å². The van der Waals surface area contributed by atoms with E-state index >= 15 is 0 Å². The molecule has 2 aromatic rings. The second kappa shape index (κ2) is 4.69. The lowest BCUT2D eigenvalue weighted by molar-refractivity contribution is 0.741. The first-order valence-corrected chi connectivity index (χ1v) is 6.97. The molecule has 0 amide bonds. The first kappa shape index (κ1) is 10.5. The average Bonchev–Trinajstić information content (AvgIpc) is 2.75. The van der Waals surface area contributed by atoms with Crippen molar-refractivity contribution in [2.24, 2.45) is 5.73 Å². The van der Waals surface area contributed by atoms with Gasteiger partial charge in [-0.25, -0.2) is 0 Å². The van der Waals surface area contributed by atoms with E-state index in [9.17, 15) is 0 Å². The van der Waals surface area contributed by atoms with Gasteiger partial charge in [-0.1, -0.05) is 0 Å².